The number of nitrogens with zero attached hydrogens (tertiary/aromatic N) is 7. The van der Waals surface area contributed by atoms with Gasteiger partial charge in [-0.25, -0.2) is 9.37 Å². The van der Waals surface area contributed by atoms with Gasteiger partial charge in [0.15, 0.2) is 23.0 Å². The Morgan fingerprint density at radius 3 is 2.58 bits per heavy atom. The minimum absolute atomic E-state index is 0.0961. The molecule has 0 aliphatic carbocycles. The summed E-state index contributed by atoms with van der Waals surface area (Å²) < 4.78 is 74.0. The van der Waals surface area contributed by atoms with E-state index in [4.69, 9.17) is 30.8 Å². The number of imidazole rings is 1. The first-order chi connectivity index (χ1) is 22.9. The Bertz CT molecular complexity index is 1980. The molecule has 16 heteroatoms. The Balaban J connectivity index is 1.09. The number of aromatic amines is 1. The molecule has 0 amide bonds. The Morgan fingerprint density at radius 2 is 1.88 bits per heavy atom. The van der Waals surface area contributed by atoms with Crippen LogP contribution >= 0.6 is 11.6 Å². The van der Waals surface area contributed by atoms with Gasteiger partial charge in [0.1, 0.15) is 22.9 Å². The average Bonchev–Trinajstić information content (AvgIpc) is 3.77. The van der Waals surface area contributed by atoms with Gasteiger partial charge in [0.25, 0.3) is 5.79 Å². The Labute approximate surface area is 277 Å². The summed E-state index contributed by atoms with van der Waals surface area (Å²) in [7, 11) is 1.61. The van der Waals surface area contributed by atoms with Crippen molar-refractivity contribution in [1.29, 1.82) is 0 Å². The summed E-state index contributed by atoms with van der Waals surface area (Å²) in [6.07, 6.45) is -3.17. The predicted octanol–water partition coefficient (Wildman–Crippen LogP) is 6.48. The molecule has 0 spiro atoms. The minimum atomic E-state index is -4.67. The van der Waals surface area contributed by atoms with E-state index < -0.39 is 23.6 Å². The number of H-pyrrole nitrogens is 1. The summed E-state index contributed by atoms with van der Waals surface area (Å²) in [6, 6.07) is 11.8. The number of rotatable bonds is 8. The van der Waals surface area contributed by atoms with Crippen LogP contribution in [0, 0.1) is 5.82 Å². The largest absolute Gasteiger partial charge is 0.451 e. The van der Waals surface area contributed by atoms with E-state index in [0.29, 0.717) is 40.8 Å². The molecule has 11 nitrogen and oxygen atoms in total. The number of fused-ring (bicyclic) bond motifs is 2. The summed E-state index contributed by atoms with van der Waals surface area (Å²) in [5.74, 6) is -1.11. The number of para-hydroxylation sites is 1. The van der Waals surface area contributed by atoms with Crippen molar-refractivity contribution in [2.45, 2.75) is 63.8 Å². The van der Waals surface area contributed by atoms with E-state index in [1.807, 2.05) is 29.7 Å². The molecule has 2 aliphatic rings. The van der Waals surface area contributed by atoms with Gasteiger partial charge in [-0.15, -0.1) is 20.4 Å². The van der Waals surface area contributed by atoms with E-state index >= 15 is 0 Å². The highest BCUT2D eigenvalue weighted by molar-refractivity contribution is 6.30. The number of hydrogen-bond acceptors (Lipinski definition) is 9. The summed E-state index contributed by atoms with van der Waals surface area (Å²) in [4.78, 5) is 9.27. The number of nitrogens with one attached hydrogen (secondary N) is 1. The summed E-state index contributed by atoms with van der Waals surface area (Å²) in [6.45, 7) is 6.10. The number of hydrogen-bond donors (Lipinski definition) is 1. The molecule has 5 heterocycles. The number of piperidine rings is 1. The number of methoxy groups -OCH3 is 1. The zero-order valence-electron chi connectivity index (χ0n) is 26.2. The van der Waals surface area contributed by atoms with Crippen LogP contribution < -0.4 is 9.47 Å². The molecule has 48 heavy (non-hydrogen) atoms. The van der Waals surface area contributed by atoms with Crippen molar-refractivity contribution in [2.75, 3.05) is 20.2 Å². The zero-order chi connectivity index (χ0) is 33.8. The smallest absolute Gasteiger partial charge is 0.444 e. The third kappa shape index (κ3) is 6.05. The van der Waals surface area contributed by atoms with E-state index in [0.717, 1.165) is 37.3 Å². The van der Waals surface area contributed by atoms with Crippen molar-refractivity contribution in [1.82, 2.24) is 39.8 Å². The number of aromatic nitrogens is 7. The molecule has 2 aliphatic heterocycles. The summed E-state index contributed by atoms with van der Waals surface area (Å²) in [5.41, 5.74) is 2.32. The van der Waals surface area contributed by atoms with Crippen molar-refractivity contribution in [3.63, 3.8) is 0 Å². The van der Waals surface area contributed by atoms with Crippen LogP contribution in [0.25, 0.3) is 22.7 Å². The lowest BCUT2D eigenvalue weighted by Crippen LogP contribution is -2.34. The lowest BCUT2D eigenvalue weighted by molar-refractivity contribution is -0.144. The Hall–Kier alpha value is -4.34. The van der Waals surface area contributed by atoms with Crippen LogP contribution in [0.3, 0.4) is 0 Å². The van der Waals surface area contributed by atoms with Crippen LogP contribution in [0.4, 0.5) is 17.6 Å². The lowest BCUT2D eigenvalue weighted by Gasteiger charge is -2.32. The van der Waals surface area contributed by atoms with Crippen LogP contribution in [-0.4, -0.2) is 66.1 Å². The van der Waals surface area contributed by atoms with Crippen molar-refractivity contribution < 1.29 is 31.8 Å². The van der Waals surface area contributed by atoms with Gasteiger partial charge < -0.3 is 23.8 Å². The van der Waals surface area contributed by atoms with Crippen LogP contribution in [0.15, 0.2) is 42.5 Å². The molecule has 2 atom stereocenters. The van der Waals surface area contributed by atoms with Gasteiger partial charge in [-0.05, 0) is 69.1 Å². The average molecular weight is 687 g/mol. The van der Waals surface area contributed by atoms with Crippen LogP contribution in [0.5, 0.6) is 11.5 Å². The molecule has 1 N–H and O–H groups in total. The van der Waals surface area contributed by atoms with Gasteiger partial charge >= 0.3 is 6.18 Å². The van der Waals surface area contributed by atoms with Crippen LogP contribution in [0.2, 0.25) is 5.02 Å². The first-order valence-electron chi connectivity index (χ1n) is 15.4. The molecule has 0 bridgehead atoms. The highest BCUT2D eigenvalue weighted by Crippen LogP contribution is 2.50. The predicted molar refractivity (Wildman–Crippen MR) is 166 cm³/mol. The lowest BCUT2D eigenvalue weighted by atomic mass is 9.88. The third-order valence-electron chi connectivity index (χ3n) is 8.84. The molecule has 5 aromatic rings. The molecular weight excluding hydrogens is 656 g/mol. The normalized spacial score (nSPS) is 19.3. The second-order valence-electron chi connectivity index (χ2n) is 12.1. The second-order valence-corrected chi connectivity index (χ2v) is 12.6. The molecule has 1 saturated heterocycles. The first kappa shape index (κ1) is 32.2. The fraction of sp³-hybridized carbons (Fsp3) is 0.406. The number of likely N-dealkylation sites (tertiary alicyclic amines) is 1. The summed E-state index contributed by atoms with van der Waals surface area (Å²) in [5, 5.41) is 15.5. The van der Waals surface area contributed by atoms with Crippen molar-refractivity contribution >= 4 is 22.8 Å². The molecule has 252 valence electrons. The third-order valence-corrected chi connectivity index (χ3v) is 9.07. The van der Waals surface area contributed by atoms with Gasteiger partial charge in [0.05, 0.1) is 24.8 Å². The molecule has 1 fully saturated rings. The van der Waals surface area contributed by atoms with Crippen molar-refractivity contribution in [3.05, 3.63) is 76.1 Å². The molecule has 2 aromatic carbocycles. The van der Waals surface area contributed by atoms with Gasteiger partial charge in [0.2, 0.25) is 5.82 Å². The van der Waals surface area contributed by atoms with E-state index in [-0.39, 0.29) is 29.1 Å². The zero-order valence-corrected chi connectivity index (χ0v) is 26.9. The second kappa shape index (κ2) is 12.3. The topological polar surface area (TPSA) is 116 Å². The fourth-order valence-electron chi connectivity index (χ4n) is 6.28. The molecule has 7 rings (SSSR count). The van der Waals surface area contributed by atoms with Gasteiger partial charge in [-0.1, -0.05) is 23.7 Å². The number of halogens is 5. The van der Waals surface area contributed by atoms with Crippen LogP contribution in [0.1, 0.15) is 55.4 Å². The molecular formula is C32H31ClF4N8O3. The monoisotopic (exact) mass is 686 g/mol. The summed E-state index contributed by atoms with van der Waals surface area (Å²) >= 11 is 5.97. The van der Waals surface area contributed by atoms with Crippen molar-refractivity contribution in [3.8, 4) is 23.0 Å². The van der Waals surface area contributed by atoms with Crippen molar-refractivity contribution in [2.24, 2.45) is 0 Å². The van der Waals surface area contributed by atoms with Gasteiger partial charge in [-0.2, -0.15) is 13.2 Å². The standard InChI is InChI=1S/C32H31ClF4N8O3/c1-17(46-3)15-45-26(38-24-14-23(40-42-29(24)45)28-39-30(43-41-28)32(35,36)37)16-44-11-9-18(10-12-44)20-5-4-6-25-27(20)48-31(2,47-25)21-8-7-19(33)13-22(21)34/h4-8,13-14,17-18H,9-12,15-16H2,1-3H3,(H,39,41,43)/t17?,31-/m0/s1. The highest BCUT2D eigenvalue weighted by Gasteiger charge is 2.43. The Morgan fingerprint density at radius 1 is 1.08 bits per heavy atom. The molecule has 3 aromatic heterocycles. The number of alkyl halides is 3. The highest BCUT2D eigenvalue weighted by atomic mass is 35.5. The maximum atomic E-state index is 14.9. The van der Waals surface area contributed by atoms with Crippen LogP contribution in [-0.2, 0) is 29.8 Å². The molecule has 1 unspecified atom stereocenters. The quantitative estimate of drug-likeness (QED) is 0.183. The SMILES string of the molecule is COC(C)Cn1c(CN2CCC(c3cccc4c3O[C@@](C)(c3ccc(Cl)cc3F)O4)CC2)nc2cc(-c3nnc(C(F)(F)F)[nH]3)nnc21. The number of ether oxygens (including phenoxy) is 3. The van der Waals surface area contributed by atoms with Gasteiger partial charge in [0, 0.05) is 24.6 Å². The van der Waals surface area contributed by atoms with E-state index in [1.165, 1.54) is 6.07 Å². The Kier molecular flexibility index (Phi) is 8.24. The van der Waals surface area contributed by atoms with Gasteiger partial charge in [-0.3, -0.25) is 4.90 Å². The van der Waals surface area contributed by atoms with E-state index in [2.05, 4.69) is 30.3 Å². The fourth-order valence-corrected chi connectivity index (χ4v) is 6.43. The first-order valence-corrected chi connectivity index (χ1v) is 15.7. The minimum Gasteiger partial charge on any atom is -0.444 e. The maximum absolute atomic E-state index is 14.9. The molecule has 0 radical (unpaired) electrons. The maximum Gasteiger partial charge on any atom is 0.451 e. The van der Waals surface area contributed by atoms with E-state index in [1.54, 1.807) is 32.2 Å². The number of benzene rings is 2. The molecule has 0 saturated carbocycles. The van der Waals surface area contributed by atoms with E-state index in [9.17, 15) is 17.6 Å².